The number of nitrogens with zero attached hydrogens (tertiary/aromatic N) is 3. The van der Waals surface area contributed by atoms with Gasteiger partial charge in [-0.05, 0) is 86.2 Å². The molecule has 6 nitrogen and oxygen atoms in total. The predicted molar refractivity (Wildman–Crippen MR) is 160 cm³/mol. The second kappa shape index (κ2) is 11.5. The molecule has 2 atom stereocenters. The zero-order valence-corrected chi connectivity index (χ0v) is 24.5. The highest BCUT2D eigenvalue weighted by atomic mass is 79.9. The highest BCUT2D eigenvalue weighted by Gasteiger charge is 2.42. The Labute approximate surface area is 241 Å². The second-order valence-electron chi connectivity index (χ2n) is 9.09. The van der Waals surface area contributed by atoms with Crippen molar-refractivity contribution >= 4 is 50.5 Å². The van der Waals surface area contributed by atoms with E-state index in [0.29, 0.717) is 29.1 Å². The van der Waals surface area contributed by atoms with Crippen molar-refractivity contribution in [1.82, 2.24) is 14.9 Å². The molecule has 1 fully saturated rings. The van der Waals surface area contributed by atoms with Crippen LogP contribution in [-0.2, 0) is 4.74 Å². The van der Waals surface area contributed by atoms with Gasteiger partial charge in [0.25, 0.3) is 0 Å². The Balaban J connectivity index is 1.61. The number of anilines is 1. The number of ether oxygens (including phenoxy) is 2. The fourth-order valence-corrected chi connectivity index (χ4v) is 6.00. The van der Waals surface area contributed by atoms with E-state index in [1.165, 1.54) is 0 Å². The maximum Gasteiger partial charge on any atom is 0.174 e. The molecule has 196 valence electrons. The molecule has 2 aromatic carbocycles. The van der Waals surface area contributed by atoms with E-state index < -0.39 is 0 Å². The average Bonchev–Trinajstić information content (AvgIpc) is 3.40. The van der Waals surface area contributed by atoms with Crippen LogP contribution in [0.5, 0.6) is 5.75 Å². The van der Waals surface area contributed by atoms with Crippen molar-refractivity contribution in [3.8, 4) is 11.4 Å². The summed E-state index contributed by atoms with van der Waals surface area (Å²) < 4.78 is 14.2. The Hall–Kier alpha value is -2.91. The Morgan fingerprint density at radius 3 is 2.58 bits per heavy atom. The number of nitrogens with one attached hydrogen (secondary N) is 1. The van der Waals surface area contributed by atoms with Gasteiger partial charge in [0.15, 0.2) is 5.11 Å². The van der Waals surface area contributed by atoms with E-state index in [2.05, 4.69) is 67.7 Å². The lowest BCUT2D eigenvalue weighted by Crippen LogP contribution is -2.29. The van der Waals surface area contributed by atoms with E-state index in [0.717, 1.165) is 38.5 Å². The van der Waals surface area contributed by atoms with Crippen LogP contribution in [0.1, 0.15) is 34.7 Å². The van der Waals surface area contributed by atoms with Crippen molar-refractivity contribution in [3.63, 3.8) is 0 Å². The zero-order chi connectivity index (χ0) is 26.8. The first kappa shape index (κ1) is 26.7. The van der Waals surface area contributed by atoms with Crippen molar-refractivity contribution in [2.24, 2.45) is 0 Å². The maximum absolute atomic E-state index is 6.66. The number of hydrogen-bond donors (Lipinski definition) is 1. The number of rotatable bonds is 8. The molecule has 1 saturated heterocycles. The van der Waals surface area contributed by atoms with Crippen molar-refractivity contribution in [2.75, 3.05) is 25.2 Å². The molecule has 1 aliphatic heterocycles. The molecule has 0 amide bonds. The molecular weight excluding hydrogens is 584 g/mol. The number of methoxy groups -OCH3 is 1. The van der Waals surface area contributed by atoms with Crippen LogP contribution in [0.4, 0.5) is 5.69 Å². The van der Waals surface area contributed by atoms with Gasteiger partial charge < -0.3 is 24.3 Å². The first-order chi connectivity index (χ1) is 18.4. The van der Waals surface area contributed by atoms with Crippen LogP contribution in [0.25, 0.3) is 5.69 Å². The lowest BCUT2D eigenvalue weighted by atomic mass is 9.96. The molecule has 5 rings (SSSR count). The molecule has 2 aromatic heterocycles. The maximum atomic E-state index is 6.66. The Bertz CT molecular complexity index is 1460. The first-order valence-corrected chi connectivity index (χ1v) is 13.8. The molecular formula is C29H28BrClN4O2S. The van der Waals surface area contributed by atoms with Gasteiger partial charge in [-0.1, -0.05) is 39.7 Å². The predicted octanol–water partition coefficient (Wildman–Crippen LogP) is 7.11. The molecule has 0 aliphatic carbocycles. The van der Waals surface area contributed by atoms with Crippen molar-refractivity contribution in [2.45, 2.75) is 25.9 Å². The number of pyridine rings is 1. The number of aromatic nitrogens is 2. The quantitative estimate of drug-likeness (QED) is 0.169. The minimum absolute atomic E-state index is 0.152. The first-order valence-electron chi connectivity index (χ1n) is 12.3. The normalized spacial score (nSPS) is 17.1. The van der Waals surface area contributed by atoms with Gasteiger partial charge in [0, 0.05) is 40.5 Å². The summed E-state index contributed by atoms with van der Waals surface area (Å²) in [7, 11) is 1.64. The van der Waals surface area contributed by atoms with Crippen LogP contribution in [-0.4, -0.2) is 35.0 Å². The van der Waals surface area contributed by atoms with Crippen molar-refractivity contribution < 1.29 is 9.47 Å². The minimum Gasteiger partial charge on any atom is -0.490 e. The zero-order valence-electron chi connectivity index (χ0n) is 21.3. The van der Waals surface area contributed by atoms with Crippen LogP contribution in [0, 0.1) is 13.8 Å². The van der Waals surface area contributed by atoms with Crippen molar-refractivity contribution in [1.29, 1.82) is 0 Å². The molecule has 0 radical (unpaired) electrons. The lowest BCUT2D eigenvalue weighted by Gasteiger charge is -2.28. The molecule has 1 aliphatic rings. The summed E-state index contributed by atoms with van der Waals surface area (Å²) >= 11 is 16.2. The average molecular weight is 612 g/mol. The van der Waals surface area contributed by atoms with E-state index >= 15 is 0 Å². The topological polar surface area (TPSA) is 51.6 Å². The summed E-state index contributed by atoms with van der Waals surface area (Å²) in [5, 5.41) is 4.66. The number of aryl methyl sites for hydroxylation is 1. The van der Waals surface area contributed by atoms with Gasteiger partial charge in [0.2, 0.25) is 0 Å². The Morgan fingerprint density at radius 1 is 1.03 bits per heavy atom. The minimum atomic E-state index is -0.156. The molecule has 0 unspecified atom stereocenters. The molecule has 38 heavy (non-hydrogen) atoms. The van der Waals surface area contributed by atoms with Crippen LogP contribution in [0.2, 0.25) is 5.02 Å². The molecule has 0 bridgehead atoms. The Morgan fingerprint density at radius 2 is 1.87 bits per heavy atom. The van der Waals surface area contributed by atoms with Gasteiger partial charge in [-0.3, -0.25) is 4.98 Å². The number of hydrogen-bond acceptors (Lipinski definition) is 4. The summed E-state index contributed by atoms with van der Waals surface area (Å²) in [4.78, 5) is 6.81. The number of benzene rings is 2. The monoisotopic (exact) mass is 610 g/mol. The van der Waals surface area contributed by atoms with Gasteiger partial charge >= 0.3 is 0 Å². The molecule has 3 heterocycles. The van der Waals surface area contributed by atoms with Crippen LogP contribution in [0.15, 0.2) is 77.4 Å². The van der Waals surface area contributed by atoms with Gasteiger partial charge in [-0.2, -0.15) is 0 Å². The van der Waals surface area contributed by atoms with Crippen molar-refractivity contribution in [3.05, 3.63) is 105 Å². The smallest absolute Gasteiger partial charge is 0.174 e. The summed E-state index contributed by atoms with van der Waals surface area (Å²) in [5.41, 5.74) is 6.31. The van der Waals surface area contributed by atoms with Gasteiger partial charge in [0.1, 0.15) is 12.4 Å². The van der Waals surface area contributed by atoms with E-state index in [9.17, 15) is 0 Å². The summed E-state index contributed by atoms with van der Waals surface area (Å²) in [5.74, 6) is 0.608. The largest absolute Gasteiger partial charge is 0.490 e. The van der Waals surface area contributed by atoms with Gasteiger partial charge in [0.05, 0.1) is 29.4 Å². The highest BCUT2D eigenvalue weighted by Crippen LogP contribution is 2.45. The number of halogens is 2. The number of thiocarbonyl (C=S) groups is 1. The molecule has 9 heteroatoms. The van der Waals surface area contributed by atoms with Crippen LogP contribution < -0.4 is 15.0 Å². The van der Waals surface area contributed by atoms with E-state index in [4.69, 9.17) is 33.3 Å². The molecule has 0 saturated carbocycles. The third kappa shape index (κ3) is 5.18. The van der Waals surface area contributed by atoms with Crippen LogP contribution >= 0.6 is 39.7 Å². The van der Waals surface area contributed by atoms with Gasteiger partial charge in [-0.15, -0.1) is 0 Å². The summed E-state index contributed by atoms with van der Waals surface area (Å²) in [6, 6.07) is 22.0. The van der Waals surface area contributed by atoms with E-state index in [-0.39, 0.29) is 12.1 Å². The third-order valence-corrected chi connectivity index (χ3v) is 7.80. The molecule has 0 spiro atoms. The fraction of sp³-hybridized carbons (Fsp3) is 0.241. The SMILES string of the molecule is COCCOc1ccc(N2C(=S)N[C@H](c3ccccn3)[C@H]2c2cc(C)n(-c3cccc(Br)c3)c2C)cc1Cl. The highest BCUT2D eigenvalue weighted by molar-refractivity contribution is 9.10. The van der Waals surface area contributed by atoms with E-state index in [1.54, 1.807) is 7.11 Å². The molecule has 1 N–H and O–H groups in total. The lowest BCUT2D eigenvalue weighted by molar-refractivity contribution is 0.146. The fourth-order valence-electron chi connectivity index (χ4n) is 5.04. The summed E-state index contributed by atoms with van der Waals surface area (Å²) in [6.45, 7) is 5.18. The Kier molecular flexibility index (Phi) is 8.04. The standard InChI is InChI=1S/C29H28BrClN4O2S/c1-18-15-23(19(2)34(18)21-8-6-7-20(30)16-21)28-27(25-9-4-5-12-32-25)33-29(38)35(28)22-10-11-26(24(31)17-22)37-14-13-36-3/h4-12,15-17,27-28H,13-14H2,1-3H3,(H,33,38)/t27-,28-/m1/s1. The molecule has 4 aromatic rings. The van der Waals surface area contributed by atoms with Gasteiger partial charge in [-0.25, -0.2) is 0 Å². The second-order valence-corrected chi connectivity index (χ2v) is 10.8. The van der Waals surface area contributed by atoms with Crippen LogP contribution in [0.3, 0.4) is 0 Å². The third-order valence-electron chi connectivity index (χ3n) is 6.69. The summed E-state index contributed by atoms with van der Waals surface area (Å²) in [6.07, 6.45) is 1.81. The van der Waals surface area contributed by atoms with E-state index in [1.807, 2.05) is 54.7 Å².